The second-order valence-electron chi connectivity index (χ2n) is 4.19. The van der Waals surface area contributed by atoms with E-state index < -0.39 is 0 Å². The summed E-state index contributed by atoms with van der Waals surface area (Å²) in [5, 5.41) is 12.7. The standard InChI is InChI=1S/C14H13ClN2O2/c1-8-2-4-10(7-13(8)18)17-14(19)9-3-5-11(15)12(16)6-9/h2-7,18H,16H2,1H3,(H,17,19). The third-order valence-corrected chi connectivity index (χ3v) is 3.07. The Kier molecular flexibility index (Phi) is 3.62. The van der Waals surface area contributed by atoms with Crippen LogP contribution in [0.2, 0.25) is 5.02 Å². The van der Waals surface area contributed by atoms with Gasteiger partial charge in [0.2, 0.25) is 0 Å². The van der Waals surface area contributed by atoms with Crippen LogP contribution in [0, 0.1) is 6.92 Å². The van der Waals surface area contributed by atoms with Gasteiger partial charge in [0.05, 0.1) is 10.7 Å². The molecule has 0 fully saturated rings. The van der Waals surface area contributed by atoms with Crippen LogP contribution in [0.25, 0.3) is 0 Å². The second kappa shape index (κ2) is 5.20. The number of nitrogens with one attached hydrogen (secondary N) is 1. The Hall–Kier alpha value is -2.20. The Balaban J connectivity index is 2.20. The van der Waals surface area contributed by atoms with Crippen molar-refractivity contribution in [1.82, 2.24) is 0 Å². The fraction of sp³-hybridized carbons (Fsp3) is 0.0714. The average Bonchev–Trinajstić information content (AvgIpc) is 2.37. The molecular weight excluding hydrogens is 264 g/mol. The molecule has 0 atom stereocenters. The minimum atomic E-state index is -0.313. The number of rotatable bonds is 2. The molecule has 4 N–H and O–H groups in total. The van der Waals surface area contributed by atoms with Gasteiger partial charge in [-0.15, -0.1) is 0 Å². The Morgan fingerprint density at radius 1 is 1.26 bits per heavy atom. The molecule has 0 aliphatic carbocycles. The lowest BCUT2D eigenvalue weighted by Gasteiger charge is -2.08. The van der Waals surface area contributed by atoms with Crippen LogP contribution in [0.15, 0.2) is 36.4 Å². The van der Waals surface area contributed by atoms with Gasteiger partial charge in [0.15, 0.2) is 0 Å². The van der Waals surface area contributed by atoms with Gasteiger partial charge in [-0.05, 0) is 36.8 Å². The van der Waals surface area contributed by atoms with E-state index in [-0.39, 0.29) is 11.7 Å². The van der Waals surface area contributed by atoms with Crippen LogP contribution in [-0.2, 0) is 0 Å². The van der Waals surface area contributed by atoms with E-state index in [1.807, 2.05) is 0 Å². The van der Waals surface area contributed by atoms with Crippen molar-refractivity contribution in [2.75, 3.05) is 11.1 Å². The summed E-state index contributed by atoms with van der Waals surface area (Å²) in [7, 11) is 0. The first-order valence-corrected chi connectivity index (χ1v) is 6.01. The molecule has 0 spiro atoms. The summed E-state index contributed by atoms with van der Waals surface area (Å²) in [6.45, 7) is 1.78. The molecule has 0 unspecified atom stereocenters. The fourth-order valence-electron chi connectivity index (χ4n) is 1.58. The van der Waals surface area contributed by atoms with Crippen molar-refractivity contribution >= 4 is 28.9 Å². The molecule has 2 aromatic rings. The van der Waals surface area contributed by atoms with Crippen molar-refractivity contribution in [3.05, 3.63) is 52.5 Å². The highest BCUT2D eigenvalue weighted by Gasteiger charge is 2.08. The lowest BCUT2D eigenvalue weighted by molar-refractivity contribution is 0.102. The van der Waals surface area contributed by atoms with Gasteiger partial charge >= 0.3 is 0 Å². The first kappa shape index (κ1) is 13.2. The summed E-state index contributed by atoms with van der Waals surface area (Å²) in [6, 6.07) is 9.59. The smallest absolute Gasteiger partial charge is 0.255 e. The number of carbonyl (C=O) groups excluding carboxylic acids is 1. The number of hydrogen-bond donors (Lipinski definition) is 3. The molecule has 1 amide bonds. The fourth-order valence-corrected chi connectivity index (χ4v) is 1.69. The van der Waals surface area contributed by atoms with Gasteiger partial charge in [0, 0.05) is 17.3 Å². The van der Waals surface area contributed by atoms with Gasteiger partial charge in [-0.3, -0.25) is 4.79 Å². The summed E-state index contributed by atoms with van der Waals surface area (Å²) in [5.74, 6) is -0.181. The van der Waals surface area contributed by atoms with Gasteiger partial charge in [-0.1, -0.05) is 17.7 Å². The highest BCUT2D eigenvalue weighted by Crippen LogP contribution is 2.23. The van der Waals surface area contributed by atoms with Crippen LogP contribution in [0.5, 0.6) is 5.75 Å². The third-order valence-electron chi connectivity index (χ3n) is 2.73. The number of amides is 1. The number of halogens is 1. The van der Waals surface area contributed by atoms with E-state index in [1.54, 1.807) is 31.2 Å². The molecule has 0 aromatic heterocycles. The summed E-state index contributed by atoms with van der Waals surface area (Å²) < 4.78 is 0. The lowest BCUT2D eigenvalue weighted by Crippen LogP contribution is -2.12. The minimum Gasteiger partial charge on any atom is -0.508 e. The topological polar surface area (TPSA) is 75.4 Å². The second-order valence-corrected chi connectivity index (χ2v) is 4.60. The molecule has 0 aliphatic rings. The maximum absolute atomic E-state index is 12.0. The lowest BCUT2D eigenvalue weighted by atomic mass is 10.1. The number of phenols is 1. The zero-order chi connectivity index (χ0) is 14.0. The molecule has 0 saturated heterocycles. The Bertz CT molecular complexity index is 641. The maximum Gasteiger partial charge on any atom is 0.255 e. The minimum absolute atomic E-state index is 0.133. The molecule has 0 aliphatic heterocycles. The van der Waals surface area contributed by atoms with E-state index in [0.29, 0.717) is 22.0 Å². The number of nitrogens with two attached hydrogens (primary N) is 1. The van der Waals surface area contributed by atoms with Crippen LogP contribution in [0.4, 0.5) is 11.4 Å². The van der Waals surface area contributed by atoms with E-state index in [9.17, 15) is 9.90 Å². The van der Waals surface area contributed by atoms with Crippen molar-refractivity contribution in [3.8, 4) is 5.75 Å². The number of hydrogen-bond acceptors (Lipinski definition) is 3. The molecule has 19 heavy (non-hydrogen) atoms. The van der Waals surface area contributed by atoms with Gasteiger partial charge < -0.3 is 16.2 Å². The Labute approximate surface area is 115 Å². The molecule has 0 heterocycles. The number of phenolic OH excluding ortho intramolecular Hbond substituents is 1. The van der Waals surface area contributed by atoms with E-state index in [0.717, 1.165) is 5.56 Å². The number of aryl methyl sites for hydroxylation is 1. The normalized spacial score (nSPS) is 10.2. The summed E-state index contributed by atoms with van der Waals surface area (Å²) >= 11 is 5.79. The summed E-state index contributed by atoms with van der Waals surface area (Å²) in [6.07, 6.45) is 0. The number of nitrogen functional groups attached to an aromatic ring is 1. The first-order valence-electron chi connectivity index (χ1n) is 5.63. The van der Waals surface area contributed by atoms with Crippen LogP contribution >= 0.6 is 11.6 Å². The quantitative estimate of drug-likeness (QED) is 0.737. The highest BCUT2D eigenvalue weighted by molar-refractivity contribution is 6.33. The number of benzene rings is 2. The van der Waals surface area contributed by atoms with E-state index in [2.05, 4.69) is 5.32 Å². The summed E-state index contributed by atoms with van der Waals surface area (Å²) in [4.78, 5) is 12.0. The van der Waals surface area contributed by atoms with E-state index >= 15 is 0 Å². The van der Waals surface area contributed by atoms with Crippen molar-refractivity contribution in [2.45, 2.75) is 6.92 Å². The number of aromatic hydroxyl groups is 1. The van der Waals surface area contributed by atoms with Crippen LogP contribution < -0.4 is 11.1 Å². The molecular formula is C14H13ClN2O2. The predicted octanol–water partition coefficient (Wildman–Crippen LogP) is 3.19. The first-order chi connectivity index (χ1) is 8.97. The summed E-state index contributed by atoms with van der Waals surface area (Å²) in [5.41, 5.74) is 7.66. The van der Waals surface area contributed by atoms with Crippen LogP contribution in [0.1, 0.15) is 15.9 Å². The largest absolute Gasteiger partial charge is 0.508 e. The van der Waals surface area contributed by atoms with Gasteiger partial charge in [0.1, 0.15) is 5.75 Å². The molecule has 0 bridgehead atoms. The number of carbonyl (C=O) groups is 1. The third kappa shape index (κ3) is 2.98. The van der Waals surface area contributed by atoms with Crippen molar-refractivity contribution in [1.29, 1.82) is 0 Å². The molecule has 5 heteroatoms. The number of anilines is 2. The Morgan fingerprint density at radius 3 is 2.63 bits per heavy atom. The zero-order valence-corrected chi connectivity index (χ0v) is 11.0. The van der Waals surface area contributed by atoms with Gasteiger partial charge in [0.25, 0.3) is 5.91 Å². The molecule has 0 saturated carbocycles. The Morgan fingerprint density at radius 2 is 2.00 bits per heavy atom. The van der Waals surface area contributed by atoms with Crippen LogP contribution in [-0.4, -0.2) is 11.0 Å². The van der Waals surface area contributed by atoms with E-state index in [1.165, 1.54) is 12.1 Å². The maximum atomic E-state index is 12.0. The average molecular weight is 277 g/mol. The SMILES string of the molecule is Cc1ccc(NC(=O)c2ccc(Cl)c(N)c2)cc1O. The van der Waals surface area contributed by atoms with Crippen LogP contribution in [0.3, 0.4) is 0 Å². The molecule has 98 valence electrons. The predicted molar refractivity (Wildman–Crippen MR) is 76.7 cm³/mol. The van der Waals surface area contributed by atoms with E-state index in [4.69, 9.17) is 17.3 Å². The molecule has 2 rings (SSSR count). The van der Waals surface area contributed by atoms with Crippen molar-refractivity contribution in [2.24, 2.45) is 0 Å². The molecule has 2 aromatic carbocycles. The highest BCUT2D eigenvalue weighted by atomic mass is 35.5. The zero-order valence-electron chi connectivity index (χ0n) is 10.3. The molecule has 4 nitrogen and oxygen atoms in total. The van der Waals surface area contributed by atoms with Gasteiger partial charge in [-0.25, -0.2) is 0 Å². The van der Waals surface area contributed by atoms with Gasteiger partial charge in [-0.2, -0.15) is 0 Å². The molecule has 0 radical (unpaired) electrons. The van der Waals surface area contributed by atoms with Crippen molar-refractivity contribution in [3.63, 3.8) is 0 Å². The van der Waals surface area contributed by atoms with Crippen molar-refractivity contribution < 1.29 is 9.90 Å². The monoisotopic (exact) mass is 276 g/mol.